The van der Waals surface area contributed by atoms with Gasteiger partial charge in [0.2, 0.25) is 0 Å². The Morgan fingerprint density at radius 2 is 2.35 bits per heavy atom. The Balaban J connectivity index is 1.61. The number of ether oxygens (including phenoxy) is 1. The minimum atomic E-state index is -0.0734. The first-order chi connectivity index (χ1) is 12.7. The summed E-state index contributed by atoms with van der Waals surface area (Å²) in [5, 5.41) is 3.61. The van der Waals surface area contributed by atoms with Gasteiger partial charge >= 0.3 is 5.97 Å². The molecule has 1 aromatic rings. The van der Waals surface area contributed by atoms with Crippen LogP contribution >= 0.6 is 11.8 Å². The quantitative estimate of drug-likeness (QED) is 0.792. The molecule has 5 heteroatoms. The number of fused-ring (bicyclic) bond motifs is 3. The van der Waals surface area contributed by atoms with Crippen LogP contribution in [-0.2, 0) is 9.53 Å². The van der Waals surface area contributed by atoms with Crippen LogP contribution in [0.3, 0.4) is 0 Å². The summed E-state index contributed by atoms with van der Waals surface area (Å²) in [6, 6.07) is 5.53. The molecule has 0 aromatic heterocycles. The number of esters is 1. The van der Waals surface area contributed by atoms with Crippen LogP contribution in [0.25, 0.3) is 0 Å². The number of carbonyl (C=O) groups is 1. The largest absolute Gasteiger partial charge is 0.466 e. The maximum Gasteiger partial charge on any atom is 0.305 e. The van der Waals surface area contributed by atoms with Gasteiger partial charge in [-0.3, -0.25) is 4.79 Å². The predicted molar refractivity (Wildman–Crippen MR) is 107 cm³/mol. The third-order valence-electron chi connectivity index (χ3n) is 6.12. The van der Waals surface area contributed by atoms with Crippen LogP contribution in [0.2, 0.25) is 0 Å². The lowest BCUT2D eigenvalue weighted by molar-refractivity contribution is -0.143. The van der Waals surface area contributed by atoms with E-state index in [1.165, 1.54) is 41.3 Å². The van der Waals surface area contributed by atoms with Gasteiger partial charge in [0, 0.05) is 36.4 Å². The molecule has 26 heavy (non-hydrogen) atoms. The van der Waals surface area contributed by atoms with Gasteiger partial charge in [0.25, 0.3) is 0 Å². The molecule has 0 radical (unpaired) electrons. The number of nitrogens with zero attached hydrogens (tertiary/aromatic N) is 1. The summed E-state index contributed by atoms with van der Waals surface area (Å²) in [4.78, 5) is 15.9. The van der Waals surface area contributed by atoms with Crippen LogP contribution in [0, 0.1) is 0 Å². The molecular formula is C21H30N2O2S. The summed E-state index contributed by atoms with van der Waals surface area (Å²) in [6.07, 6.45) is 3.88. The SMILES string of the molecule is CCOC(=O)CCC(C)c1cc2c3c(c1)[C@@H]1CNCC[C@@H]1N3CCCS2. The lowest BCUT2D eigenvalue weighted by Gasteiger charge is -2.33. The van der Waals surface area contributed by atoms with E-state index < -0.39 is 0 Å². The highest BCUT2D eigenvalue weighted by Crippen LogP contribution is 2.50. The summed E-state index contributed by atoms with van der Waals surface area (Å²) in [7, 11) is 0. The zero-order chi connectivity index (χ0) is 18.1. The van der Waals surface area contributed by atoms with Gasteiger partial charge < -0.3 is 15.0 Å². The Hall–Kier alpha value is -1.20. The van der Waals surface area contributed by atoms with E-state index in [4.69, 9.17) is 4.74 Å². The van der Waals surface area contributed by atoms with Crippen LogP contribution in [-0.4, -0.2) is 44.0 Å². The second kappa shape index (κ2) is 7.81. The fraction of sp³-hybridized carbons (Fsp3) is 0.667. The van der Waals surface area contributed by atoms with Crippen LogP contribution < -0.4 is 10.2 Å². The van der Waals surface area contributed by atoms with E-state index in [1.54, 1.807) is 5.56 Å². The smallest absolute Gasteiger partial charge is 0.305 e. The molecule has 0 aliphatic carbocycles. The number of benzene rings is 1. The van der Waals surface area contributed by atoms with Crippen molar-refractivity contribution in [3.63, 3.8) is 0 Å². The third-order valence-corrected chi connectivity index (χ3v) is 7.23. The number of carbonyl (C=O) groups excluding carboxylic acids is 1. The summed E-state index contributed by atoms with van der Waals surface area (Å²) in [5.41, 5.74) is 4.46. The van der Waals surface area contributed by atoms with Gasteiger partial charge in [-0.1, -0.05) is 13.0 Å². The molecule has 1 unspecified atom stereocenters. The van der Waals surface area contributed by atoms with E-state index in [2.05, 4.69) is 29.3 Å². The highest BCUT2D eigenvalue weighted by atomic mass is 32.2. The summed E-state index contributed by atoms with van der Waals surface area (Å²) < 4.78 is 5.10. The molecule has 1 fully saturated rings. The highest BCUT2D eigenvalue weighted by molar-refractivity contribution is 7.99. The normalized spacial score (nSPS) is 25.2. The predicted octanol–water partition coefficient (Wildman–Crippen LogP) is 3.89. The van der Waals surface area contributed by atoms with Gasteiger partial charge in [-0.15, -0.1) is 11.8 Å². The number of hydrogen-bond acceptors (Lipinski definition) is 5. The minimum Gasteiger partial charge on any atom is -0.466 e. The lowest BCUT2D eigenvalue weighted by atomic mass is 9.87. The average molecular weight is 375 g/mol. The fourth-order valence-corrected chi connectivity index (χ4v) is 5.85. The van der Waals surface area contributed by atoms with Gasteiger partial charge in [0.15, 0.2) is 0 Å². The lowest BCUT2D eigenvalue weighted by Crippen LogP contribution is -2.44. The second-order valence-corrected chi connectivity index (χ2v) is 8.90. The monoisotopic (exact) mass is 374 g/mol. The van der Waals surface area contributed by atoms with Crippen molar-refractivity contribution in [3.05, 3.63) is 23.3 Å². The number of piperidine rings is 1. The molecule has 0 amide bonds. The maximum atomic E-state index is 11.7. The Kier molecular flexibility index (Phi) is 5.46. The Morgan fingerprint density at radius 3 is 3.19 bits per heavy atom. The van der Waals surface area contributed by atoms with E-state index in [9.17, 15) is 4.79 Å². The van der Waals surface area contributed by atoms with Crippen molar-refractivity contribution in [3.8, 4) is 0 Å². The Morgan fingerprint density at radius 1 is 1.46 bits per heavy atom. The number of hydrogen-bond donors (Lipinski definition) is 1. The number of nitrogens with one attached hydrogen (secondary N) is 1. The van der Waals surface area contributed by atoms with E-state index in [1.807, 2.05) is 18.7 Å². The van der Waals surface area contributed by atoms with E-state index >= 15 is 0 Å². The standard InChI is InChI=1S/C21H30N2O2S/c1-3-25-20(24)6-5-14(2)15-11-16-17-13-22-8-7-18(17)23-9-4-10-26-19(12-15)21(16)23/h11-12,14,17-18,22H,3-10,13H2,1-2H3/t14?,17-,18-/m0/s1. The first kappa shape index (κ1) is 18.2. The van der Waals surface area contributed by atoms with Crippen molar-refractivity contribution >= 4 is 23.4 Å². The molecule has 4 rings (SSSR count). The number of anilines is 1. The Bertz CT molecular complexity index is 678. The van der Waals surface area contributed by atoms with Crippen molar-refractivity contribution in [2.24, 2.45) is 0 Å². The van der Waals surface area contributed by atoms with Gasteiger partial charge in [0.05, 0.1) is 12.3 Å². The summed E-state index contributed by atoms with van der Waals surface area (Å²) >= 11 is 2.02. The maximum absolute atomic E-state index is 11.7. The van der Waals surface area contributed by atoms with E-state index in [-0.39, 0.29) is 5.97 Å². The molecule has 0 spiro atoms. The first-order valence-electron chi connectivity index (χ1n) is 10.1. The van der Waals surface area contributed by atoms with Gasteiger partial charge in [-0.05, 0) is 61.6 Å². The van der Waals surface area contributed by atoms with E-state index in [0.717, 1.165) is 19.5 Å². The van der Waals surface area contributed by atoms with Crippen LogP contribution in [0.5, 0.6) is 0 Å². The highest BCUT2D eigenvalue weighted by Gasteiger charge is 2.42. The molecule has 3 heterocycles. The van der Waals surface area contributed by atoms with Crippen molar-refractivity contribution < 1.29 is 9.53 Å². The first-order valence-corrected chi connectivity index (χ1v) is 11.1. The topological polar surface area (TPSA) is 41.6 Å². The van der Waals surface area contributed by atoms with Gasteiger partial charge in [-0.25, -0.2) is 0 Å². The molecule has 0 saturated carbocycles. The number of rotatable bonds is 5. The third kappa shape index (κ3) is 3.36. The molecule has 3 aliphatic rings. The molecule has 1 N–H and O–H groups in total. The fourth-order valence-electron chi connectivity index (χ4n) is 4.77. The zero-order valence-corrected chi connectivity index (χ0v) is 16.7. The second-order valence-electron chi connectivity index (χ2n) is 7.76. The minimum absolute atomic E-state index is 0.0734. The van der Waals surface area contributed by atoms with Crippen LogP contribution in [0.4, 0.5) is 5.69 Å². The molecule has 4 nitrogen and oxygen atoms in total. The summed E-state index contributed by atoms with van der Waals surface area (Å²) in [5.74, 6) is 2.14. The van der Waals surface area contributed by atoms with Crippen molar-refractivity contribution in [1.29, 1.82) is 0 Å². The Labute approximate surface area is 161 Å². The van der Waals surface area contributed by atoms with Crippen molar-refractivity contribution in [1.82, 2.24) is 5.32 Å². The molecule has 142 valence electrons. The van der Waals surface area contributed by atoms with Gasteiger partial charge in [-0.2, -0.15) is 0 Å². The number of thioether (sulfide) groups is 1. The van der Waals surface area contributed by atoms with Crippen LogP contribution in [0.1, 0.15) is 62.5 Å². The zero-order valence-electron chi connectivity index (χ0n) is 15.9. The molecule has 1 aromatic carbocycles. The van der Waals surface area contributed by atoms with E-state index in [0.29, 0.717) is 30.9 Å². The van der Waals surface area contributed by atoms with Crippen LogP contribution in [0.15, 0.2) is 17.0 Å². The molecule has 1 saturated heterocycles. The molecular weight excluding hydrogens is 344 g/mol. The molecule has 3 atom stereocenters. The molecule has 0 bridgehead atoms. The van der Waals surface area contributed by atoms with Crippen molar-refractivity contribution in [2.75, 3.05) is 36.9 Å². The molecule has 3 aliphatic heterocycles. The average Bonchev–Trinajstić information content (AvgIpc) is 2.82. The van der Waals surface area contributed by atoms with Gasteiger partial charge in [0.1, 0.15) is 0 Å². The summed E-state index contributed by atoms with van der Waals surface area (Å²) in [6.45, 7) is 8.02. The van der Waals surface area contributed by atoms with Crippen molar-refractivity contribution in [2.45, 2.75) is 62.3 Å².